The maximum Gasteiger partial charge on any atom is 0.407 e. The van der Waals surface area contributed by atoms with E-state index in [9.17, 15) is 9.59 Å². The number of carboxylic acid groups (broad SMARTS) is 1. The van der Waals surface area contributed by atoms with Crippen LogP contribution in [0.1, 0.15) is 0 Å². The van der Waals surface area contributed by atoms with Gasteiger partial charge in [-0.15, -0.1) is 0 Å². The van der Waals surface area contributed by atoms with Gasteiger partial charge >= 0.3 is 12.1 Å². The minimum atomic E-state index is -1.69. The Labute approximate surface area is 88.9 Å². The number of alkyl carbamates (subject to hydrolysis) is 1. The highest BCUT2D eigenvalue weighted by Gasteiger charge is 2.22. The fourth-order valence-corrected chi connectivity index (χ4v) is 0.510. The zero-order valence-electron chi connectivity index (χ0n) is 6.22. The van der Waals surface area contributed by atoms with Crippen molar-refractivity contribution in [2.75, 3.05) is 13.2 Å². The van der Waals surface area contributed by atoms with E-state index in [0.29, 0.717) is 0 Å². The van der Waals surface area contributed by atoms with Crippen molar-refractivity contribution < 1.29 is 19.4 Å². The molecule has 0 heterocycles. The lowest BCUT2D eigenvalue weighted by Crippen LogP contribution is -2.31. The highest BCUT2D eigenvalue weighted by Crippen LogP contribution is 2.25. The number of aliphatic carboxylic acids is 1. The second kappa shape index (κ2) is 5.36. The topological polar surface area (TPSA) is 75.6 Å². The van der Waals surface area contributed by atoms with Crippen molar-refractivity contribution in [3.8, 4) is 0 Å². The number of nitrogens with one attached hydrogen (secondary N) is 1. The molecule has 0 aromatic carbocycles. The predicted molar refractivity (Wildman–Crippen MR) is 47.3 cm³/mol. The van der Waals surface area contributed by atoms with Crippen molar-refractivity contribution in [3.63, 3.8) is 0 Å². The summed E-state index contributed by atoms with van der Waals surface area (Å²) in [5, 5.41) is 10.1. The van der Waals surface area contributed by atoms with Crippen LogP contribution in [0.3, 0.4) is 0 Å². The third-order valence-corrected chi connectivity index (χ3v) is 1.08. The van der Waals surface area contributed by atoms with Crippen LogP contribution in [0.2, 0.25) is 0 Å². The number of carbonyl (C=O) groups is 2. The van der Waals surface area contributed by atoms with E-state index in [-0.39, 0.29) is 0 Å². The molecule has 2 N–H and O–H groups in total. The number of amides is 1. The van der Waals surface area contributed by atoms with Gasteiger partial charge in [-0.05, 0) is 0 Å². The first-order chi connectivity index (χ1) is 5.81. The van der Waals surface area contributed by atoms with Gasteiger partial charge in [0.15, 0.2) is 0 Å². The molecule has 0 aromatic heterocycles. The fourth-order valence-electron chi connectivity index (χ4n) is 0.346. The number of ether oxygens (including phenoxy) is 1. The van der Waals surface area contributed by atoms with E-state index >= 15 is 0 Å². The lowest BCUT2D eigenvalue weighted by Gasteiger charge is -2.10. The number of halogens is 3. The zero-order valence-corrected chi connectivity index (χ0v) is 8.49. The summed E-state index contributed by atoms with van der Waals surface area (Å²) in [6, 6.07) is 0. The van der Waals surface area contributed by atoms with E-state index in [1.54, 1.807) is 0 Å². The van der Waals surface area contributed by atoms with Gasteiger partial charge in [0.1, 0.15) is 13.2 Å². The number of hydrogen-bond donors (Lipinski definition) is 2. The van der Waals surface area contributed by atoms with Crippen LogP contribution in [0.4, 0.5) is 4.79 Å². The summed E-state index contributed by atoms with van der Waals surface area (Å²) in [5.74, 6) is -1.19. The number of rotatable bonds is 3. The molecule has 0 bridgehead atoms. The number of carbonyl (C=O) groups excluding carboxylic acids is 1. The quantitative estimate of drug-likeness (QED) is 0.737. The van der Waals surface area contributed by atoms with Gasteiger partial charge in [-0.25, -0.2) is 4.79 Å². The average molecular weight is 250 g/mol. The van der Waals surface area contributed by atoms with Crippen LogP contribution in [-0.4, -0.2) is 34.1 Å². The second-order valence-corrected chi connectivity index (χ2v) is 4.45. The van der Waals surface area contributed by atoms with Crippen LogP contribution in [-0.2, 0) is 9.53 Å². The summed E-state index contributed by atoms with van der Waals surface area (Å²) in [7, 11) is 0. The largest absolute Gasteiger partial charge is 0.480 e. The highest BCUT2D eigenvalue weighted by atomic mass is 35.6. The Balaban J connectivity index is 3.58. The third kappa shape index (κ3) is 9.52. The monoisotopic (exact) mass is 249 g/mol. The molecule has 0 atom stereocenters. The highest BCUT2D eigenvalue weighted by molar-refractivity contribution is 6.67. The minimum Gasteiger partial charge on any atom is -0.480 e. The van der Waals surface area contributed by atoms with Crippen molar-refractivity contribution >= 4 is 46.9 Å². The van der Waals surface area contributed by atoms with Crippen LogP contribution in [0.25, 0.3) is 0 Å². The Morgan fingerprint density at radius 1 is 1.38 bits per heavy atom. The summed E-state index contributed by atoms with van der Waals surface area (Å²) >= 11 is 15.7. The predicted octanol–water partition coefficient (Wildman–Crippen LogP) is 1.17. The molecule has 0 fully saturated rings. The Kier molecular flexibility index (Phi) is 5.20. The molecular formula is C5H6Cl3NO4. The third-order valence-electron chi connectivity index (χ3n) is 0.751. The van der Waals surface area contributed by atoms with E-state index in [1.165, 1.54) is 0 Å². The molecule has 0 saturated heterocycles. The lowest BCUT2D eigenvalue weighted by atomic mass is 10.7. The van der Waals surface area contributed by atoms with Crippen molar-refractivity contribution in [3.05, 3.63) is 0 Å². The molecule has 0 rings (SSSR count). The first-order valence-corrected chi connectivity index (χ1v) is 4.14. The van der Waals surface area contributed by atoms with E-state index in [4.69, 9.17) is 39.9 Å². The van der Waals surface area contributed by atoms with Crippen molar-refractivity contribution in [1.82, 2.24) is 5.32 Å². The molecule has 0 unspecified atom stereocenters. The molecule has 0 aliphatic rings. The Morgan fingerprint density at radius 3 is 2.31 bits per heavy atom. The summed E-state index contributed by atoms with van der Waals surface area (Å²) in [6.45, 7) is -0.984. The van der Waals surface area contributed by atoms with Gasteiger partial charge in [0.05, 0.1) is 0 Å². The van der Waals surface area contributed by atoms with Gasteiger partial charge in [0.25, 0.3) is 0 Å². The average Bonchev–Trinajstić information content (AvgIpc) is 1.95. The van der Waals surface area contributed by atoms with Gasteiger partial charge < -0.3 is 15.2 Å². The second-order valence-electron chi connectivity index (χ2n) is 1.94. The molecule has 0 radical (unpaired) electrons. The minimum absolute atomic E-state index is 0.441. The van der Waals surface area contributed by atoms with Gasteiger partial charge in [0, 0.05) is 0 Å². The SMILES string of the molecule is O=C(O)CNC(=O)OCC(Cl)(Cl)Cl. The van der Waals surface area contributed by atoms with Gasteiger partial charge in [0.2, 0.25) is 3.79 Å². The van der Waals surface area contributed by atoms with E-state index in [2.05, 4.69) is 4.74 Å². The van der Waals surface area contributed by atoms with Crippen LogP contribution < -0.4 is 5.32 Å². The molecule has 0 saturated carbocycles. The Hall–Kier alpha value is -0.390. The molecule has 76 valence electrons. The molecule has 0 aliphatic carbocycles. The number of alkyl halides is 3. The van der Waals surface area contributed by atoms with Crippen molar-refractivity contribution in [1.29, 1.82) is 0 Å². The van der Waals surface area contributed by atoms with Crippen LogP contribution in [0.5, 0.6) is 0 Å². The summed E-state index contributed by atoms with van der Waals surface area (Å²) in [6.07, 6.45) is -0.950. The summed E-state index contributed by atoms with van der Waals surface area (Å²) in [4.78, 5) is 20.6. The lowest BCUT2D eigenvalue weighted by molar-refractivity contribution is -0.135. The zero-order chi connectivity index (χ0) is 10.5. The van der Waals surface area contributed by atoms with Crippen molar-refractivity contribution in [2.24, 2.45) is 0 Å². The molecule has 1 amide bonds. The van der Waals surface area contributed by atoms with Gasteiger partial charge in [-0.2, -0.15) is 0 Å². The smallest absolute Gasteiger partial charge is 0.407 e. The van der Waals surface area contributed by atoms with Gasteiger partial charge in [-0.1, -0.05) is 34.8 Å². The molecule has 0 aliphatic heterocycles. The van der Waals surface area contributed by atoms with E-state index in [0.717, 1.165) is 0 Å². The van der Waals surface area contributed by atoms with Crippen LogP contribution in [0.15, 0.2) is 0 Å². The molecule has 0 aromatic rings. The van der Waals surface area contributed by atoms with Crippen LogP contribution >= 0.6 is 34.8 Å². The Morgan fingerprint density at radius 2 is 1.92 bits per heavy atom. The maximum absolute atomic E-state index is 10.6. The number of carboxylic acids is 1. The normalized spacial score (nSPS) is 10.7. The first kappa shape index (κ1) is 12.6. The molecular weight excluding hydrogens is 244 g/mol. The first-order valence-electron chi connectivity index (χ1n) is 3.00. The maximum atomic E-state index is 10.6. The molecule has 13 heavy (non-hydrogen) atoms. The van der Waals surface area contributed by atoms with Crippen LogP contribution in [0, 0.1) is 0 Å². The van der Waals surface area contributed by atoms with Gasteiger partial charge in [-0.3, -0.25) is 4.79 Å². The van der Waals surface area contributed by atoms with E-state index in [1.807, 2.05) is 5.32 Å². The molecule has 0 spiro atoms. The van der Waals surface area contributed by atoms with Crippen molar-refractivity contribution in [2.45, 2.75) is 3.79 Å². The fraction of sp³-hybridized carbons (Fsp3) is 0.600. The van der Waals surface area contributed by atoms with E-state index < -0.39 is 29.0 Å². The molecule has 8 heteroatoms. The standard InChI is InChI=1S/C5H6Cl3NO4/c6-5(7,8)2-13-4(12)9-1-3(10)11/h1-2H2,(H,9,12)(H,10,11). The number of hydrogen-bond acceptors (Lipinski definition) is 3. The summed E-state index contributed by atoms with van der Waals surface area (Å²) in [5.41, 5.74) is 0. The molecule has 5 nitrogen and oxygen atoms in total. The Bertz CT molecular complexity index is 202. The summed E-state index contributed by atoms with van der Waals surface area (Å²) < 4.78 is 2.65.